The lowest BCUT2D eigenvalue weighted by Gasteiger charge is -2.28. The van der Waals surface area contributed by atoms with Crippen LogP contribution in [0.1, 0.15) is 23.6 Å². The van der Waals surface area contributed by atoms with Crippen molar-refractivity contribution in [1.82, 2.24) is 10.6 Å². The van der Waals surface area contributed by atoms with Crippen LogP contribution in [0, 0.1) is 11.8 Å². The van der Waals surface area contributed by atoms with Gasteiger partial charge in [0.2, 0.25) is 17.7 Å². The van der Waals surface area contributed by atoms with E-state index in [9.17, 15) is 14.4 Å². The quantitative estimate of drug-likeness (QED) is 0.710. The largest absolute Gasteiger partial charge is 0.324 e. The van der Waals surface area contributed by atoms with Crippen LogP contribution in [0.4, 0.5) is 5.69 Å². The van der Waals surface area contributed by atoms with Crippen LogP contribution in [0.15, 0.2) is 48.5 Å². The summed E-state index contributed by atoms with van der Waals surface area (Å²) in [6.07, 6.45) is 1.34. The second kappa shape index (κ2) is 6.01. The highest BCUT2D eigenvalue weighted by atomic mass is 16.2. The number of nitrogens with one attached hydrogen (secondary N) is 3. The Balaban J connectivity index is 1.64. The molecule has 5 rings (SSSR count). The minimum absolute atomic E-state index is 0.251. The van der Waals surface area contributed by atoms with Crippen LogP contribution < -0.4 is 16.0 Å². The maximum Gasteiger partial charge on any atom is 0.250 e. The smallest absolute Gasteiger partial charge is 0.250 e. The van der Waals surface area contributed by atoms with Gasteiger partial charge in [-0.15, -0.1) is 0 Å². The minimum atomic E-state index is -1.21. The highest BCUT2D eigenvalue weighted by molar-refractivity contribution is 6.15. The zero-order chi connectivity index (χ0) is 19.5. The normalized spacial score (nSPS) is 30.3. The standard InChI is InChI=1S/C22H21N3O3/c1-2-13-9-6-10-14-18(13)23-21(28)22(14)17-16(19(26)24-20(17)27)15(25-22)11-12-7-4-3-5-8-12/h3-10,15-17,25H,2,11H2,1H3,(H,23,28)(H,24,26,27)/t15-,16+,17-,22-/m0/s1. The molecule has 2 aromatic carbocycles. The molecule has 0 radical (unpaired) electrons. The van der Waals surface area contributed by atoms with E-state index < -0.39 is 17.4 Å². The molecule has 28 heavy (non-hydrogen) atoms. The highest BCUT2D eigenvalue weighted by Gasteiger charge is 2.68. The van der Waals surface area contributed by atoms with E-state index in [4.69, 9.17) is 0 Å². The second-order valence-corrected chi connectivity index (χ2v) is 7.75. The summed E-state index contributed by atoms with van der Waals surface area (Å²) in [5.74, 6) is -2.24. The fourth-order valence-corrected chi connectivity index (χ4v) is 5.15. The lowest BCUT2D eigenvalue weighted by molar-refractivity contribution is -0.132. The summed E-state index contributed by atoms with van der Waals surface area (Å²) >= 11 is 0. The van der Waals surface area contributed by atoms with E-state index in [0.29, 0.717) is 6.42 Å². The Hall–Kier alpha value is -2.99. The van der Waals surface area contributed by atoms with E-state index in [1.165, 1.54) is 0 Å². The van der Waals surface area contributed by atoms with Gasteiger partial charge in [0.15, 0.2) is 0 Å². The molecule has 0 bridgehead atoms. The van der Waals surface area contributed by atoms with Gasteiger partial charge in [0.25, 0.3) is 0 Å². The topological polar surface area (TPSA) is 87.3 Å². The number of para-hydroxylation sites is 1. The molecule has 0 aliphatic carbocycles. The predicted octanol–water partition coefficient (Wildman–Crippen LogP) is 1.50. The molecule has 142 valence electrons. The van der Waals surface area contributed by atoms with Crippen LogP contribution in [-0.2, 0) is 32.8 Å². The number of imide groups is 1. The van der Waals surface area contributed by atoms with Crippen LogP contribution in [0.2, 0.25) is 0 Å². The van der Waals surface area contributed by atoms with Crippen LogP contribution >= 0.6 is 0 Å². The molecule has 2 aromatic rings. The van der Waals surface area contributed by atoms with Gasteiger partial charge in [0, 0.05) is 17.3 Å². The Morgan fingerprint density at radius 3 is 2.46 bits per heavy atom. The summed E-state index contributed by atoms with van der Waals surface area (Å²) in [6.45, 7) is 2.03. The average Bonchev–Trinajstić information content (AvgIpc) is 3.29. The summed E-state index contributed by atoms with van der Waals surface area (Å²) in [7, 11) is 0. The molecule has 3 heterocycles. The molecule has 3 aliphatic heterocycles. The molecule has 0 aromatic heterocycles. The van der Waals surface area contributed by atoms with Crippen LogP contribution in [0.5, 0.6) is 0 Å². The van der Waals surface area contributed by atoms with Crippen molar-refractivity contribution < 1.29 is 14.4 Å². The zero-order valence-corrected chi connectivity index (χ0v) is 15.5. The van der Waals surface area contributed by atoms with Crippen molar-refractivity contribution >= 4 is 23.4 Å². The Labute approximate surface area is 162 Å². The van der Waals surface area contributed by atoms with Crippen molar-refractivity contribution in [1.29, 1.82) is 0 Å². The Morgan fingerprint density at radius 1 is 0.929 bits per heavy atom. The molecule has 1 spiro atoms. The van der Waals surface area contributed by atoms with Crippen molar-refractivity contribution in [3.63, 3.8) is 0 Å². The van der Waals surface area contributed by atoms with E-state index >= 15 is 0 Å². The molecule has 3 amide bonds. The van der Waals surface area contributed by atoms with E-state index in [-0.39, 0.29) is 23.8 Å². The maximum absolute atomic E-state index is 13.3. The third-order valence-electron chi connectivity index (χ3n) is 6.36. The van der Waals surface area contributed by atoms with Crippen molar-refractivity contribution in [3.8, 4) is 0 Å². The van der Waals surface area contributed by atoms with Gasteiger partial charge in [0.05, 0.1) is 11.8 Å². The van der Waals surface area contributed by atoms with Gasteiger partial charge in [-0.25, -0.2) is 0 Å². The minimum Gasteiger partial charge on any atom is -0.324 e. The van der Waals surface area contributed by atoms with Gasteiger partial charge >= 0.3 is 0 Å². The fourth-order valence-electron chi connectivity index (χ4n) is 5.15. The van der Waals surface area contributed by atoms with Crippen LogP contribution in [0.25, 0.3) is 0 Å². The average molecular weight is 375 g/mol. The summed E-state index contributed by atoms with van der Waals surface area (Å²) < 4.78 is 0. The Kier molecular flexibility index (Phi) is 3.67. The zero-order valence-electron chi connectivity index (χ0n) is 15.5. The lowest BCUT2D eigenvalue weighted by atomic mass is 9.76. The number of anilines is 1. The molecule has 0 saturated carbocycles. The van der Waals surface area contributed by atoms with Gasteiger partial charge in [-0.2, -0.15) is 0 Å². The Bertz CT molecular complexity index is 1000. The molecular formula is C22H21N3O3. The van der Waals surface area contributed by atoms with Crippen molar-refractivity contribution in [2.24, 2.45) is 11.8 Å². The van der Waals surface area contributed by atoms with Gasteiger partial charge in [-0.05, 0) is 24.0 Å². The molecule has 2 saturated heterocycles. The number of hydrogen-bond donors (Lipinski definition) is 3. The number of rotatable bonds is 3. The number of aryl methyl sites for hydroxylation is 1. The van der Waals surface area contributed by atoms with Gasteiger partial charge in [0.1, 0.15) is 5.54 Å². The summed E-state index contributed by atoms with van der Waals surface area (Å²) in [5.41, 5.74) is 2.42. The molecule has 0 unspecified atom stereocenters. The first-order valence-electron chi connectivity index (χ1n) is 9.66. The van der Waals surface area contributed by atoms with Gasteiger partial charge < -0.3 is 5.32 Å². The third-order valence-corrected chi connectivity index (χ3v) is 6.36. The van der Waals surface area contributed by atoms with Crippen molar-refractivity contribution in [3.05, 3.63) is 65.2 Å². The monoisotopic (exact) mass is 375 g/mol. The Morgan fingerprint density at radius 2 is 1.71 bits per heavy atom. The molecule has 3 N–H and O–H groups in total. The van der Waals surface area contributed by atoms with Crippen molar-refractivity contribution in [2.75, 3.05) is 5.32 Å². The third kappa shape index (κ3) is 2.15. The van der Waals surface area contributed by atoms with Crippen LogP contribution in [0.3, 0.4) is 0 Å². The first kappa shape index (κ1) is 17.1. The lowest BCUT2D eigenvalue weighted by Crippen LogP contribution is -2.53. The van der Waals surface area contributed by atoms with E-state index in [2.05, 4.69) is 16.0 Å². The summed E-state index contributed by atoms with van der Waals surface area (Å²) in [4.78, 5) is 38.7. The predicted molar refractivity (Wildman–Crippen MR) is 103 cm³/mol. The number of amides is 3. The SMILES string of the molecule is CCc1cccc2c1NC(=O)[C@]21N[C@@H](Cc2ccccc2)[C@H]2C(=O)NC(=O)[C@H]21. The van der Waals surface area contributed by atoms with Crippen LogP contribution in [-0.4, -0.2) is 23.8 Å². The molecule has 2 fully saturated rings. The fraction of sp³-hybridized carbons (Fsp3) is 0.318. The first-order chi connectivity index (χ1) is 13.6. The second-order valence-electron chi connectivity index (χ2n) is 7.75. The van der Waals surface area contributed by atoms with Gasteiger partial charge in [-0.1, -0.05) is 55.5 Å². The molecule has 6 nitrogen and oxygen atoms in total. The number of carbonyl (C=O) groups is 3. The summed E-state index contributed by atoms with van der Waals surface area (Å²) in [6, 6.07) is 15.3. The number of carbonyl (C=O) groups excluding carboxylic acids is 3. The van der Waals surface area contributed by atoms with Crippen molar-refractivity contribution in [2.45, 2.75) is 31.3 Å². The number of benzene rings is 2. The van der Waals surface area contributed by atoms with E-state index in [1.54, 1.807) is 0 Å². The molecule has 3 aliphatic rings. The van der Waals surface area contributed by atoms with E-state index in [1.807, 2.05) is 55.5 Å². The van der Waals surface area contributed by atoms with E-state index in [0.717, 1.165) is 28.8 Å². The maximum atomic E-state index is 13.3. The number of hydrogen-bond acceptors (Lipinski definition) is 4. The molecule has 4 atom stereocenters. The first-order valence-corrected chi connectivity index (χ1v) is 9.66. The summed E-state index contributed by atoms with van der Waals surface area (Å²) in [5, 5.41) is 8.90. The number of fused-ring (bicyclic) bond motifs is 4. The van der Waals surface area contributed by atoms with Gasteiger partial charge in [-0.3, -0.25) is 25.0 Å². The molecular weight excluding hydrogens is 354 g/mol. The highest BCUT2D eigenvalue weighted by Crippen LogP contribution is 2.52. The molecule has 6 heteroatoms.